The van der Waals surface area contributed by atoms with Crippen LogP contribution in [0.3, 0.4) is 0 Å². The molecule has 3 rings (SSSR count). The molecule has 1 saturated heterocycles. The number of halogens is 3. The Kier molecular flexibility index (Phi) is 6.45. The zero-order valence-corrected chi connectivity index (χ0v) is 16.3. The Morgan fingerprint density at radius 2 is 1.71 bits per heavy atom. The highest BCUT2D eigenvalue weighted by Crippen LogP contribution is 2.41. The number of aryl methyl sites for hydroxylation is 1. The van der Waals surface area contributed by atoms with Crippen molar-refractivity contribution in [1.29, 1.82) is 0 Å². The quantitative estimate of drug-likeness (QED) is 0.504. The molecule has 0 saturated carbocycles. The van der Waals surface area contributed by atoms with Gasteiger partial charge in [-0.2, -0.15) is 13.2 Å². The predicted molar refractivity (Wildman–Crippen MR) is 102 cm³/mol. The van der Waals surface area contributed by atoms with Gasteiger partial charge in [-0.25, -0.2) is 0 Å². The van der Waals surface area contributed by atoms with Crippen LogP contribution in [0.5, 0.6) is 0 Å². The number of alkyl halides is 3. The summed E-state index contributed by atoms with van der Waals surface area (Å²) in [6, 6.07) is 3.55. The monoisotopic (exact) mass is 444 g/mol. The molecule has 0 radical (unpaired) electrons. The van der Waals surface area contributed by atoms with Crippen LogP contribution >= 0.6 is 0 Å². The molecule has 1 aromatic carbocycles. The standard InChI is InChI=1S/C18H19F3N4O6/c1-11-2-3-16(31-11)15(23-4-6-30-7-5-23)10-22-17-13(24(26)27)8-12(18(19,20)21)9-14(17)25(28)29/h2-3,8-9,15,22H,4-7,10H2,1H3/t15-/m1/s1. The summed E-state index contributed by atoms with van der Waals surface area (Å²) in [5, 5.41) is 25.5. The van der Waals surface area contributed by atoms with E-state index in [1.165, 1.54) is 0 Å². The fourth-order valence-electron chi connectivity index (χ4n) is 3.37. The molecule has 1 aliphatic rings. The Labute approximate surface area is 173 Å². The van der Waals surface area contributed by atoms with Crippen molar-refractivity contribution >= 4 is 17.1 Å². The minimum absolute atomic E-state index is 0.0694. The number of hydrogen-bond donors (Lipinski definition) is 1. The Hall–Kier alpha value is -3.19. The second-order valence-corrected chi connectivity index (χ2v) is 6.89. The Balaban J connectivity index is 1.98. The van der Waals surface area contributed by atoms with E-state index in [2.05, 4.69) is 5.32 Å². The average Bonchev–Trinajstić information content (AvgIpc) is 3.13. The summed E-state index contributed by atoms with van der Waals surface area (Å²) >= 11 is 0. The number of furan rings is 1. The van der Waals surface area contributed by atoms with Gasteiger partial charge in [0, 0.05) is 31.8 Å². The van der Waals surface area contributed by atoms with E-state index >= 15 is 0 Å². The first-order valence-corrected chi connectivity index (χ1v) is 9.24. The van der Waals surface area contributed by atoms with Gasteiger partial charge < -0.3 is 14.5 Å². The van der Waals surface area contributed by atoms with Gasteiger partial charge in [0.15, 0.2) is 5.69 Å². The van der Waals surface area contributed by atoms with E-state index in [0.717, 1.165) is 0 Å². The molecule has 1 fully saturated rings. The lowest BCUT2D eigenvalue weighted by molar-refractivity contribution is -0.392. The maximum atomic E-state index is 13.1. The van der Waals surface area contributed by atoms with Crippen LogP contribution in [0.1, 0.15) is 23.1 Å². The van der Waals surface area contributed by atoms with Crippen LogP contribution in [0.4, 0.5) is 30.2 Å². The van der Waals surface area contributed by atoms with Crippen molar-refractivity contribution in [3.8, 4) is 0 Å². The first kappa shape index (κ1) is 22.5. The summed E-state index contributed by atoms with van der Waals surface area (Å²) in [7, 11) is 0. The summed E-state index contributed by atoms with van der Waals surface area (Å²) in [5.74, 6) is 1.14. The molecule has 1 aromatic heterocycles. The molecule has 10 nitrogen and oxygen atoms in total. The third-order valence-electron chi connectivity index (χ3n) is 4.87. The normalized spacial score (nSPS) is 16.1. The zero-order valence-electron chi connectivity index (χ0n) is 16.3. The van der Waals surface area contributed by atoms with Crippen LogP contribution in [0.25, 0.3) is 0 Å². The van der Waals surface area contributed by atoms with Gasteiger partial charge in [-0.15, -0.1) is 0 Å². The van der Waals surface area contributed by atoms with Crippen LogP contribution in [0.15, 0.2) is 28.7 Å². The highest BCUT2D eigenvalue weighted by molar-refractivity contribution is 5.75. The number of ether oxygens (including phenoxy) is 1. The van der Waals surface area contributed by atoms with Gasteiger partial charge >= 0.3 is 6.18 Å². The van der Waals surface area contributed by atoms with Gasteiger partial charge in [-0.1, -0.05) is 0 Å². The molecule has 0 unspecified atom stereocenters. The predicted octanol–water partition coefficient (Wildman–Crippen LogP) is 3.91. The van der Waals surface area contributed by atoms with Crippen molar-refractivity contribution in [2.45, 2.75) is 19.1 Å². The molecule has 1 aliphatic heterocycles. The SMILES string of the molecule is Cc1ccc([C@@H](CNc2c([N+](=O)[O-])cc(C(F)(F)F)cc2[N+](=O)[O-])N2CCOCC2)o1. The highest BCUT2D eigenvalue weighted by atomic mass is 19.4. The van der Waals surface area contributed by atoms with Crippen molar-refractivity contribution in [2.75, 3.05) is 38.2 Å². The topological polar surface area (TPSA) is 124 Å². The van der Waals surface area contributed by atoms with Gasteiger partial charge in [-0.05, 0) is 19.1 Å². The number of anilines is 1. The molecule has 0 spiro atoms. The zero-order chi connectivity index (χ0) is 22.8. The van der Waals surface area contributed by atoms with Crippen LogP contribution in [-0.4, -0.2) is 47.6 Å². The Morgan fingerprint density at radius 1 is 1.13 bits per heavy atom. The number of nitro groups is 2. The third kappa shape index (κ3) is 5.11. The fourth-order valence-corrected chi connectivity index (χ4v) is 3.37. The molecule has 31 heavy (non-hydrogen) atoms. The molecule has 2 heterocycles. The fraction of sp³-hybridized carbons (Fsp3) is 0.444. The summed E-state index contributed by atoms with van der Waals surface area (Å²) < 4.78 is 50.3. The smallest absolute Gasteiger partial charge is 0.416 e. The number of morpholine rings is 1. The van der Waals surface area contributed by atoms with Crippen molar-refractivity contribution in [2.24, 2.45) is 0 Å². The maximum absolute atomic E-state index is 13.1. The average molecular weight is 444 g/mol. The largest absolute Gasteiger partial charge is 0.465 e. The van der Waals surface area contributed by atoms with E-state index in [1.807, 2.05) is 4.90 Å². The molecular weight excluding hydrogens is 425 g/mol. The molecule has 168 valence electrons. The molecule has 0 bridgehead atoms. The van der Waals surface area contributed by atoms with Crippen molar-refractivity contribution in [1.82, 2.24) is 4.90 Å². The van der Waals surface area contributed by atoms with E-state index < -0.39 is 44.7 Å². The van der Waals surface area contributed by atoms with Crippen LogP contribution in [0, 0.1) is 27.2 Å². The van der Waals surface area contributed by atoms with Crippen LogP contribution < -0.4 is 5.32 Å². The molecule has 0 aliphatic carbocycles. The van der Waals surface area contributed by atoms with Crippen molar-refractivity contribution in [3.63, 3.8) is 0 Å². The molecular formula is C18H19F3N4O6. The lowest BCUT2D eigenvalue weighted by atomic mass is 10.1. The van der Waals surface area contributed by atoms with Crippen molar-refractivity contribution < 1.29 is 32.2 Å². The number of nitro benzene ring substituents is 2. The van der Waals surface area contributed by atoms with Gasteiger partial charge in [0.25, 0.3) is 11.4 Å². The highest BCUT2D eigenvalue weighted by Gasteiger charge is 2.38. The lowest BCUT2D eigenvalue weighted by Gasteiger charge is -2.33. The number of nitrogens with zero attached hydrogens (tertiary/aromatic N) is 3. The summed E-state index contributed by atoms with van der Waals surface area (Å²) in [6.07, 6.45) is -4.98. The molecule has 1 N–H and O–H groups in total. The Bertz CT molecular complexity index is 936. The van der Waals surface area contributed by atoms with Crippen LogP contribution in [0.2, 0.25) is 0 Å². The molecule has 2 aromatic rings. The minimum atomic E-state index is -4.98. The van der Waals surface area contributed by atoms with Crippen LogP contribution in [-0.2, 0) is 10.9 Å². The minimum Gasteiger partial charge on any atom is -0.465 e. The first-order valence-electron chi connectivity index (χ1n) is 9.24. The van der Waals surface area contributed by atoms with E-state index in [-0.39, 0.29) is 18.7 Å². The molecule has 1 atom stereocenters. The molecule has 0 amide bonds. The van der Waals surface area contributed by atoms with Gasteiger partial charge in [0.05, 0.1) is 34.7 Å². The lowest BCUT2D eigenvalue weighted by Crippen LogP contribution is -2.41. The van der Waals surface area contributed by atoms with Gasteiger partial charge in [0.1, 0.15) is 11.5 Å². The summed E-state index contributed by atoms with van der Waals surface area (Å²) in [4.78, 5) is 22.7. The van der Waals surface area contributed by atoms with E-state index in [0.29, 0.717) is 37.8 Å². The number of rotatable bonds is 7. The first-order chi connectivity index (χ1) is 14.6. The molecule has 13 heteroatoms. The number of benzene rings is 1. The van der Waals surface area contributed by atoms with E-state index in [4.69, 9.17) is 9.15 Å². The van der Waals surface area contributed by atoms with Gasteiger partial charge in [-0.3, -0.25) is 25.1 Å². The number of nitrogens with one attached hydrogen (secondary N) is 1. The van der Waals surface area contributed by atoms with Gasteiger partial charge in [0.2, 0.25) is 0 Å². The summed E-state index contributed by atoms with van der Waals surface area (Å²) in [5.41, 5.74) is -4.12. The van der Waals surface area contributed by atoms with E-state index in [1.54, 1.807) is 19.1 Å². The summed E-state index contributed by atoms with van der Waals surface area (Å²) in [6.45, 7) is 3.58. The Morgan fingerprint density at radius 3 is 2.16 bits per heavy atom. The van der Waals surface area contributed by atoms with Crippen molar-refractivity contribution in [3.05, 3.63) is 61.6 Å². The second kappa shape index (κ2) is 8.89. The maximum Gasteiger partial charge on any atom is 0.416 e. The third-order valence-corrected chi connectivity index (χ3v) is 4.87. The number of hydrogen-bond acceptors (Lipinski definition) is 8. The van der Waals surface area contributed by atoms with E-state index in [9.17, 15) is 33.4 Å². The second-order valence-electron chi connectivity index (χ2n) is 6.89.